The number of rotatable bonds is 0. The lowest BCUT2D eigenvalue weighted by molar-refractivity contribution is 0.198. The van der Waals surface area contributed by atoms with Crippen LogP contribution in [0.4, 0.5) is 0 Å². The minimum Gasteiger partial charge on any atom is -0.397 e. The number of halogens is 1. The lowest BCUT2D eigenvalue weighted by Gasteiger charge is -1.76. The van der Waals surface area contributed by atoms with Gasteiger partial charge in [0.05, 0.1) is 0 Å². The molecular formula is C6H15ClO2. The molecule has 0 aromatic rings. The third-order valence-corrected chi connectivity index (χ3v) is 0.827. The Labute approximate surface area is 62.6 Å². The van der Waals surface area contributed by atoms with Gasteiger partial charge in [0, 0.05) is 19.8 Å². The van der Waals surface area contributed by atoms with Crippen molar-refractivity contribution in [2.24, 2.45) is 0 Å². The third-order valence-electron chi connectivity index (χ3n) is 0.827. The van der Waals surface area contributed by atoms with Crippen LogP contribution in [0.25, 0.3) is 0 Å². The summed E-state index contributed by atoms with van der Waals surface area (Å²) < 4.78 is 4.94. The smallest absolute Gasteiger partial charge is 0.0466 e. The Morgan fingerprint density at radius 1 is 1.33 bits per heavy atom. The molecule has 9 heavy (non-hydrogen) atoms. The Hall–Kier alpha value is 0.210. The van der Waals surface area contributed by atoms with Gasteiger partial charge in [0.25, 0.3) is 0 Å². The van der Waals surface area contributed by atoms with E-state index in [1.54, 1.807) is 6.92 Å². The molecule has 1 fully saturated rings. The average Bonchev–Trinajstić information content (AvgIpc) is 2.17. The van der Waals surface area contributed by atoms with E-state index in [4.69, 9.17) is 9.84 Å². The molecular weight excluding hydrogens is 140 g/mol. The Morgan fingerprint density at radius 3 is 1.78 bits per heavy atom. The van der Waals surface area contributed by atoms with E-state index < -0.39 is 0 Å². The van der Waals surface area contributed by atoms with Crippen molar-refractivity contribution in [3.05, 3.63) is 0 Å². The molecule has 0 amide bonds. The molecule has 0 aliphatic carbocycles. The molecule has 0 radical (unpaired) electrons. The first-order valence-electron chi connectivity index (χ1n) is 3.10. The van der Waals surface area contributed by atoms with Crippen LogP contribution in [0.3, 0.4) is 0 Å². The monoisotopic (exact) mass is 154 g/mol. The fraction of sp³-hybridized carbons (Fsp3) is 1.00. The van der Waals surface area contributed by atoms with Crippen LogP contribution in [-0.4, -0.2) is 24.9 Å². The van der Waals surface area contributed by atoms with Crippen LogP contribution in [0.2, 0.25) is 0 Å². The summed E-state index contributed by atoms with van der Waals surface area (Å²) in [6, 6.07) is 0. The molecule has 2 nitrogen and oxygen atoms in total. The summed E-state index contributed by atoms with van der Waals surface area (Å²) in [5, 5.41) is 7.57. The Balaban J connectivity index is 0. The minimum atomic E-state index is 0. The van der Waals surface area contributed by atoms with Gasteiger partial charge in [0.15, 0.2) is 0 Å². The molecule has 0 bridgehead atoms. The summed E-state index contributed by atoms with van der Waals surface area (Å²) in [4.78, 5) is 0. The second-order valence-corrected chi connectivity index (χ2v) is 1.64. The Kier molecular flexibility index (Phi) is 14.7. The molecule has 0 aromatic heterocycles. The highest BCUT2D eigenvalue weighted by Crippen LogP contribution is 1.98. The van der Waals surface area contributed by atoms with E-state index in [9.17, 15) is 0 Å². The molecule has 0 unspecified atom stereocenters. The maximum atomic E-state index is 7.57. The number of ether oxygens (including phenoxy) is 1. The largest absolute Gasteiger partial charge is 0.397 e. The van der Waals surface area contributed by atoms with Crippen LogP contribution >= 0.6 is 12.4 Å². The van der Waals surface area contributed by atoms with Crippen LogP contribution in [0.1, 0.15) is 19.8 Å². The van der Waals surface area contributed by atoms with Gasteiger partial charge in [0.2, 0.25) is 0 Å². The molecule has 1 aliphatic heterocycles. The van der Waals surface area contributed by atoms with E-state index in [2.05, 4.69) is 0 Å². The van der Waals surface area contributed by atoms with Gasteiger partial charge < -0.3 is 9.84 Å². The molecule has 0 aromatic carbocycles. The molecule has 0 spiro atoms. The molecule has 1 aliphatic rings. The summed E-state index contributed by atoms with van der Waals surface area (Å²) in [5.74, 6) is 0. The van der Waals surface area contributed by atoms with Crippen LogP contribution in [0.15, 0.2) is 0 Å². The average molecular weight is 155 g/mol. The van der Waals surface area contributed by atoms with Gasteiger partial charge in [-0.3, -0.25) is 0 Å². The maximum Gasteiger partial charge on any atom is 0.0466 e. The zero-order valence-electron chi connectivity index (χ0n) is 5.80. The lowest BCUT2D eigenvalue weighted by Crippen LogP contribution is -1.74. The quantitative estimate of drug-likeness (QED) is 0.569. The number of aliphatic hydroxyl groups is 1. The minimum absolute atomic E-state index is 0. The predicted octanol–water partition coefficient (Wildman–Crippen LogP) is 1.22. The zero-order chi connectivity index (χ0) is 6.24. The maximum absolute atomic E-state index is 7.57. The van der Waals surface area contributed by atoms with Gasteiger partial charge >= 0.3 is 0 Å². The van der Waals surface area contributed by atoms with Gasteiger partial charge in [0.1, 0.15) is 0 Å². The van der Waals surface area contributed by atoms with Crippen LogP contribution in [0, 0.1) is 0 Å². The van der Waals surface area contributed by atoms with Gasteiger partial charge in [-0.05, 0) is 19.8 Å². The molecule has 1 heterocycles. The van der Waals surface area contributed by atoms with E-state index in [1.165, 1.54) is 12.8 Å². The van der Waals surface area contributed by atoms with Crippen molar-refractivity contribution in [1.29, 1.82) is 0 Å². The van der Waals surface area contributed by atoms with Crippen molar-refractivity contribution in [3.63, 3.8) is 0 Å². The Morgan fingerprint density at radius 2 is 1.67 bits per heavy atom. The molecule has 58 valence electrons. The fourth-order valence-electron chi connectivity index (χ4n) is 0.510. The van der Waals surface area contributed by atoms with Crippen molar-refractivity contribution in [1.82, 2.24) is 0 Å². The first-order valence-corrected chi connectivity index (χ1v) is 3.10. The van der Waals surface area contributed by atoms with Crippen molar-refractivity contribution in [2.45, 2.75) is 19.8 Å². The van der Waals surface area contributed by atoms with Gasteiger partial charge in [-0.2, -0.15) is 0 Å². The van der Waals surface area contributed by atoms with Crippen LogP contribution in [0.5, 0.6) is 0 Å². The normalized spacial score (nSPS) is 15.3. The predicted molar refractivity (Wildman–Crippen MR) is 40.1 cm³/mol. The summed E-state index contributed by atoms with van der Waals surface area (Å²) in [5.41, 5.74) is 0. The third kappa shape index (κ3) is 11.7. The number of hydrogen-bond donors (Lipinski definition) is 1. The molecule has 3 heteroatoms. The van der Waals surface area contributed by atoms with Crippen molar-refractivity contribution in [2.75, 3.05) is 19.8 Å². The van der Waals surface area contributed by atoms with E-state index in [1.807, 2.05) is 0 Å². The number of aliphatic hydroxyl groups excluding tert-OH is 1. The van der Waals surface area contributed by atoms with E-state index in [0.29, 0.717) is 0 Å². The van der Waals surface area contributed by atoms with Crippen LogP contribution < -0.4 is 0 Å². The van der Waals surface area contributed by atoms with Crippen molar-refractivity contribution in [3.8, 4) is 0 Å². The van der Waals surface area contributed by atoms with Gasteiger partial charge in [-0.25, -0.2) is 0 Å². The highest BCUT2D eigenvalue weighted by Gasteiger charge is 1.94. The fourth-order valence-corrected chi connectivity index (χ4v) is 0.510. The highest BCUT2D eigenvalue weighted by molar-refractivity contribution is 5.85. The van der Waals surface area contributed by atoms with E-state index >= 15 is 0 Å². The van der Waals surface area contributed by atoms with Gasteiger partial charge in [-0.15, -0.1) is 12.4 Å². The summed E-state index contributed by atoms with van der Waals surface area (Å²) in [6.45, 7) is 3.93. The van der Waals surface area contributed by atoms with Gasteiger partial charge in [-0.1, -0.05) is 0 Å². The number of hydrogen-bond acceptors (Lipinski definition) is 2. The topological polar surface area (TPSA) is 29.5 Å². The van der Waals surface area contributed by atoms with E-state index in [0.717, 1.165) is 13.2 Å². The zero-order valence-corrected chi connectivity index (χ0v) is 6.62. The lowest BCUT2D eigenvalue weighted by atomic mass is 10.4. The summed E-state index contributed by atoms with van der Waals surface area (Å²) in [6.07, 6.45) is 2.56. The first-order chi connectivity index (χ1) is 3.91. The highest BCUT2D eigenvalue weighted by atomic mass is 35.5. The SMILES string of the molecule is C1CCOC1.CCO.Cl. The molecule has 1 saturated heterocycles. The second-order valence-electron chi connectivity index (χ2n) is 1.64. The van der Waals surface area contributed by atoms with Crippen molar-refractivity contribution >= 4 is 12.4 Å². The van der Waals surface area contributed by atoms with Crippen molar-refractivity contribution < 1.29 is 9.84 Å². The summed E-state index contributed by atoms with van der Waals surface area (Å²) >= 11 is 0. The Bertz CT molecular complexity index is 30.4. The molecule has 1 N–H and O–H groups in total. The molecule has 0 atom stereocenters. The van der Waals surface area contributed by atoms with Crippen LogP contribution in [-0.2, 0) is 4.74 Å². The molecule has 1 rings (SSSR count). The summed E-state index contributed by atoms with van der Waals surface area (Å²) in [7, 11) is 0. The standard InChI is InChI=1S/C4H8O.C2H6O.ClH/c1-2-4-5-3-1;1-2-3;/h1-4H2;3H,2H2,1H3;1H. The first kappa shape index (κ1) is 11.9. The van der Waals surface area contributed by atoms with E-state index in [-0.39, 0.29) is 19.0 Å². The second kappa shape index (κ2) is 11.1. The molecule has 0 saturated carbocycles.